The van der Waals surface area contributed by atoms with Gasteiger partial charge in [-0.05, 0) is 31.2 Å². The number of aromatic nitrogens is 1. The van der Waals surface area contributed by atoms with Crippen molar-refractivity contribution in [2.45, 2.75) is 19.8 Å². The molecule has 3 heterocycles. The van der Waals surface area contributed by atoms with Crippen molar-refractivity contribution in [1.29, 1.82) is 0 Å². The quantitative estimate of drug-likeness (QED) is 0.683. The summed E-state index contributed by atoms with van der Waals surface area (Å²) >= 11 is 2.91. The second-order valence-electron chi connectivity index (χ2n) is 6.00. The third kappa shape index (κ3) is 4.92. The summed E-state index contributed by atoms with van der Waals surface area (Å²) in [6.07, 6.45) is 1.13. The fourth-order valence-corrected chi connectivity index (χ4v) is 4.40. The third-order valence-corrected chi connectivity index (χ3v) is 6.12. The van der Waals surface area contributed by atoms with Gasteiger partial charge in [0.2, 0.25) is 0 Å². The number of piperidine rings is 1. The van der Waals surface area contributed by atoms with Gasteiger partial charge in [0, 0.05) is 18.5 Å². The topological polar surface area (TPSA) is 85.8 Å². The van der Waals surface area contributed by atoms with E-state index in [1.165, 1.54) is 11.3 Å². The van der Waals surface area contributed by atoms with Crippen LogP contribution in [0.4, 0.5) is 0 Å². The average Bonchev–Trinajstić information content (AvgIpc) is 3.37. The van der Waals surface area contributed by atoms with Gasteiger partial charge in [-0.2, -0.15) is 0 Å². The van der Waals surface area contributed by atoms with Crippen molar-refractivity contribution >= 4 is 40.5 Å². The van der Waals surface area contributed by atoms with Gasteiger partial charge in [0.1, 0.15) is 5.01 Å². The van der Waals surface area contributed by atoms with Gasteiger partial charge in [-0.1, -0.05) is 6.07 Å². The summed E-state index contributed by atoms with van der Waals surface area (Å²) in [6, 6.07) is 3.85. The number of esters is 2. The first-order chi connectivity index (χ1) is 13.1. The Hall–Kier alpha value is -2.26. The van der Waals surface area contributed by atoms with Crippen LogP contribution in [0.1, 0.15) is 30.3 Å². The summed E-state index contributed by atoms with van der Waals surface area (Å²) in [4.78, 5) is 43.0. The molecule has 0 saturated carbocycles. The van der Waals surface area contributed by atoms with Gasteiger partial charge in [-0.25, -0.2) is 9.78 Å². The van der Waals surface area contributed by atoms with E-state index < -0.39 is 5.97 Å². The van der Waals surface area contributed by atoms with E-state index in [4.69, 9.17) is 9.47 Å². The highest BCUT2D eigenvalue weighted by molar-refractivity contribution is 7.20. The molecular weight excluding hydrogens is 388 g/mol. The number of ether oxygens (including phenoxy) is 2. The third-order valence-electron chi connectivity index (χ3n) is 4.24. The molecule has 0 unspecified atom stereocenters. The maximum atomic E-state index is 12.2. The Bertz CT molecular complexity index is 795. The van der Waals surface area contributed by atoms with E-state index in [-0.39, 0.29) is 30.1 Å². The summed E-state index contributed by atoms with van der Waals surface area (Å²) < 4.78 is 10.1. The van der Waals surface area contributed by atoms with E-state index in [2.05, 4.69) is 4.98 Å². The molecule has 0 atom stereocenters. The van der Waals surface area contributed by atoms with Crippen LogP contribution < -0.4 is 0 Å². The highest BCUT2D eigenvalue weighted by Crippen LogP contribution is 2.28. The first-order valence-electron chi connectivity index (χ1n) is 8.69. The minimum atomic E-state index is -0.608. The normalized spacial score (nSPS) is 14.8. The highest BCUT2D eigenvalue weighted by Gasteiger charge is 2.28. The molecule has 2 aromatic rings. The summed E-state index contributed by atoms with van der Waals surface area (Å²) in [6.45, 7) is 2.72. The lowest BCUT2D eigenvalue weighted by molar-refractivity contribution is -0.151. The predicted octanol–water partition coefficient (Wildman–Crippen LogP) is 2.83. The maximum absolute atomic E-state index is 12.2. The SMILES string of the molecule is CCOC(=O)C1CCN(C(=O)COC(=O)c2csc(-c3cccs3)n2)CC1. The van der Waals surface area contributed by atoms with E-state index in [1.807, 2.05) is 17.5 Å². The van der Waals surface area contributed by atoms with Crippen molar-refractivity contribution in [1.82, 2.24) is 9.88 Å². The van der Waals surface area contributed by atoms with Crippen molar-refractivity contribution in [3.63, 3.8) is 0 Å². The number of carbonyl (C=O) groups is 3. The molecule has 2 aromatic heterocycles. The lowest BCUT2D eigenvalue weighted by Gasteiger charge is -2.30. The van der Waals surface area contributed by atoms with Gasteiger partial charge in [0.25, 0.3) is 5.91 Å². The number of thiophene rings is 1. The van der Waals surface area contributed by atoms with Crippen molar-refractivity contribution < 1.29 is 23.9 Å². The molecule has 27 heavy (non-hydrogen) atoms. The number of nitrogens with zero attached hydrogens (tertiary/aromatic N) is 2. The van der Waals surface area contributed by atoms with Gasteiger partial charge in [-0.15, -0.1) is 22.7 Å². The molecule has 1 aliphatic heterocycles. The zero-order chi connectivity index (χ0) is 19.2. The number of hydrogen-bond donors (Lipinski definition) is 0. The first-order valence-corrected chi connectivity index (χ1v) is 10.5. The molecule has 0 bridgehead atoms. The van der Waals surface area contributed by atoms with Gasteiger partial charge in [-0.3, -0.25) is 9.59 Å². The molecule has 0 N–H and O–H groups in total. The second kappa shape index (κ2) is 9.09. The van der Waals surface area contributed by atoms with Crippen LogP contribution >= 0.6 is 22.7 Å². The Morgan fingerprint density at radius 1 is 1.22 bits per heavy atom. The summed E-state index contributed by atoms with van der Waals surface area (Å²) in [5.74, 6) is -1.24. The van der Waals surface area contributed by atoms with Crippen LogP contribution in [0, 0.1) is 5.92 Å². The van der Waals surface area contributed by atoms with E-state index >= 15 is 0 Å². The van der Waals surface area contributed by atoms with E-state index in [1.54, 1.807) is 28.5 Å². The van der Waals surface area contributed by atoms with Crippen LogP contribution in [-0.2, 0) is 19.1 Å². The Morgan fingerprint density at radius 3 is 2.67 bits per heavy atom. The first kappa shape index (κ1) is 19.5. The lowest BCUT2D eigenvalue weighted by atomic mass is 9.97. The average molecular weight is 409 g/mol. The number of carbonyl (C=O) groups excluding carboxylic acids is 3. The molecule has 1 amide bonds. The number of amides is 1. The predicted molar refractivity (Wildman–Crippen MR) is 102 cm³/mol. The molecule has 1 fully saturated rings. The lowest BCUT2D eigenvalue weighted by Crippen LogP contribution is -2.42. The maximum Gasteiger partial charge on any atom is 0.358 e. The van der Waals surface area contributed by atoms with Gasteiger partial charge in [0.15, 0.2) is 12.3 Å². The molecule has 1 aliphatic rings. The Kier molecular flexibility index (Phi) is 6.57. The largest absolute Gasteiger partial charge is 0.466 e. The highest BCUT2D eigenvalue weighted by atomic mass is 32.1. The zero-order valence-electron chi connectivity index (χ0n) is 14.9. The van der Waals surface area contributed by atoms with Crippen molar-refractivity contribution in [2.75, 3.05) is 26.3 Å². The Balaban J connectivity index is 1.45. The van der Waals surface area contributed by atoms with E-state index in [0.29, 0.717) is 32.5 Å². The molecule has 9 heteroatoms. The van der Waals surface area contributed by atoms with E-state index in [0.717, 1.165) is 9.88 Å². The summed E-state index contributed by atoms with van der Waals surface area (Å²) in [7, 11) is 0. The minimum absolute atomic E-state index is 0.165. The monoisotopic (exact) mass is 408 g/mol. The number of likely N-dealkylation sites (tertiary alicyclic amines) is 1. The van der Waals surface area contributed by atoms with Crippen molar-refractivity contribution in [2.24, 2.45) is 5.92 Å². The summed E-state index contributed by atoms with van der Waals surface area (Å²) in [5, 5.41) is 4.33. The van der Waals surface area contributed by atoms with Crippen LogP contribution in [-0.4, -0.2) is 54.0 Å². The molecule has 0 aliphatic carbocycles. The summed E-state index contributed by atoms with van der Waals surface area (Å²) in [5.41, 5.74) is 0.206. The minimum Gasteiger partial charge on any atom is -0.466 e. The fraction of sp³-hybridized carbons (Fsp3) is 0.444. The molecule has 0 aromatic carbocycles. The van der Waals surface area contributed by atoms with Crippen LogP contribution in [0.2, 0.25) is 0 Å². The number of thiazole rings is 1. The van der Waals surface area contributed by atoms with Crippen molar-refractivity contribution in [3.8, 4) is 9.88 Å². The Morgan fingerprint density at radius 2 is 2.00 bits per heavy atom. The standard InChI is InChI=1S/C18H20N2O5S2/c1-2-24-17(22)12-5-7-20(8-6-12)15(21)10-25-18(23)13-11-27-16(19-13)14-4-3-9-26-14/h3-4,9,11-12H,2,5-8,10H2,1H3. The Labute approximate surface area is 164 Å². The van der Waals surface area contributed by atoms with Crippen LogP contribution in [0.5, 0.6) is 0 Å². The smallest absolute Gasteiger partial charge is 0.358 e. The molecule has 144 valence electrons. The molecule has 0 radical (unpaired) electrons. The van der Waals surface area contributed by atoms with Gasteiger partial charge >= 0.3 is 11.9 Å². The van der Waals surface area contributed by atoms with E-state index in [9.17, 15) is 14.4 Å². The number of hydrogen-bond acceptors (Lipinski definition) is 8. The van der Waals surface area contributed by atoms with Crippen LogP contribution in [0.15, 0.2) is 22.9 Å². The van der Waals surface area contributed by atoms with Crippen molar-refractivity contribution in [3.05, 3.63) is 28.6 Å². The van der Waals surface area contributed by atoms with Gasteiger partial charge < -0.3 is 14.4 Å². The second-order valence-corrected chi connectivity index (χ2v) is 7.80. The molecule has 1 saturated heterocycles. The zero-order valence-corrected chi connectivity index (χ0v) is 16.5. The van der Waals surface area contributed by atoms with Crippen LogP contribution in [0.3, 0.4) is 0 Å². The molecule has 3 rings (SSSR count). The molecular formula is C18H20N2O5S2. The molecule has 0 spiro atoms. The van der Waals surface area contributed by atoms with Crippen LogP contribution in [0.25, 0.3) is 9.88 Å². The molecule has 7 nitrogen and oxygen atoms in total. The number of rotatable bonds is 6. The fourth-order valence-electron chi connectivity index (χ4n) is 2.80. The van der Waals surface area contributed by atoms with Gasteiger partial charge in [0.05, 0.1) is 17.4 Å².